The van der Waals surface area contributed by atoms with Gasteiger partial charge in [0, 0.05) is 16.1 Å². The predicted octanol–water partition coefficient (Wildman–Crippen LogP) is 6.99. The van der Waals surface area contributed by atoms with Crippen molar-refractivity contribution < 1.29 is 9.90 Å². The number of carbonyl (C=O) groups excluding carboxylic acids is 1. The Bertz CT molecular complexity index is 1200. The fourth-order valence-electron chi connectivity index (χ4n) is 4.90. The van der Waals surface area contributed by atoms with Crippen LogP contribution in [0, 0.1) is 5.92 Å². The zero-order chi connectivity index (χ0) is 22.7. The minimum atomic E-state index is -1.31. The summed E-state index contributed by atoms with van der Waals surface area (Å²) >= 11 is 1.78. The Labute approximate surface area is 199 Å². The molecule has 164 valence electrons. The number of Topliss-reactive ketones (excluding diaryl/α,β-unsaturated/α-hetero) is 1. The second kappa shape index (κ2) is 9.38. The number of hydrogen-bond acceptors (Lipinski definition) is 3. The normalized spacial score (nSPS) is 24.8. The number of rotatable bonds is 5. The maximum absolute atomic E-state index is 14.0. The second-order valence-electron chi connectivity index (χ2n) is 8.57. The molecule has 4 aromatic carbocycles. The van der Waals surface area contributed by atoms with Gasteiger partial charge in [0.05, 0.1) is 5.92 Å². The Morgan fingerprint density at radius 3 is 1.76 bits per heavy atom. The van der Waals surface area contributed by atoms with Crippen LogP contribution in [0.15, 0.2) is 121 Å². The van der Waals surface area contributed by atoms with Gasteiger partial charge < -0.3 is 5.11 Å². The lowest BCUT2D eigenvalue weighted by Gasteiger charge is -2.47. The standard InChI is InChI=1S/C30H26O2S/c31-28(23-15-7-2-8-16-23)27-29(24-17-9-3-10-18-24)33-26(22-13-5-1-6-14-22)21-30(27,32)25-19-11-4-12-20-25/h1-20,26-27,29,32H,21H2/t26-,27-,29+,30+/m1/s1. The first kappa shape index (κ1) is 21.7. The van der Waals surface area contributed by atoms with Gasteiger partial charge in [0.15, 0.2) is 5.78 Å². The van der Waals surface area contributed by atoms with Crippen LogP contribution in [-0.2, 0) is 5.60 Å². The third-order valence-electron chi connectivity index (χ3n) is 6.54. The minimum absolute atomic E-state index is 0.0187. The van der Waals surface area contributed by atoms with Crippen LogP contribution in [0.5, 0.6) is 0 Å². The van der Waals surface area contributed by atoms with Crippen molar-refractivity contribution in [3.8, 4) is 0 Å². The first-order valence-electron chi connectivity index (χ1n) is 11.3. The molecule has 1 N–H and O–H groups in total. The zero-order valence-electron chi connectivity index (χ0n) is 18.2. The van der Waals surface area contributed by atoms with Crippen LogP contribution in [0.4, 0.5) is 0 Å². The highest BCUT2D eigenvalue weighted by molar-refractivity contribution is 7.99. The summed E-state index contributed by atoms with van der Waals surface area (Å²) in [5.74, 6) is -0.635. The summed E-state index contributed by atoms with van der Waals surface area (Å²) in [6, 6.07) is 39.6. The number of aliphatic hydroxyl groups is 1. The van der Waals surface area contributed by atoms with Crippen molar-refractivity contribution in [2.45, 2.75) is 22.5 Å². The fraction of sp³-hybridized carbons (Fsp3) is 0.167. The van der Waals surface area contributed by atoms with Crippen molar-refractivity contribution in [2.75, 3.05) is 0 Å². The highest BCUT2D eigenvalue weighted by Crippen LogP contribution is 2.60. The quantitative estimate of drug-likeness (QED) is 0.333. The minimum Gasteiger partial charge on any atom is -0.384 e. The summed E-state index contributed by atoms with van der Waals surface area (Å²) in [6.07, 6.45) is 0.471. The van der Waals surface area contributed by atoms with E-state index < -0.39 is 11.5 Å². The molecule has 1 aliphatic heterocycles. The van der Waals surface area contributed by atoms with Crippen LogP contribution in [-0.4, -0.2) is 10.9 Å². The van der Waals surface area contributed by atoms with Gasteiger partial charge in [0.25, 0.3) is 0 Å². The average molecular weight is 451 g/mol. The Morgan fingerprint density at radius 2 is 1.18 bits per heavy atom. The summed E-state index contributed by atoms with van der Waals surface area (Å²) in [6.45, 7) is 0. The smallest absolute Gasteiger partial charge is 0.170 e. The molecule has 0 bridgehead atoms. The number of carbonyl (C=O) groups is 1. The predicted molar refractivity (Wildman–Crippen MR) is 135 cm³/mol. The molecular formula is C30H26O2S. The highest BCUT2D eigenvalue weighted by Gasteiger charge is 2.53. The lowest BCUT2D eigenvalue weighted by Crippen LogP contribution is -2.46. The molecule has 5 rings (SSSR count). The van der Waals surface area contributed by atoms with E-state index in [1.165, 1.54) is 5.56 Å². The number of thioether (sulfide) groups is 1. The molecule has 0 aliphatic carbocycles. The lowest BCUT2D eigenvalue weighted by atomic mass is 9.70. The zero-order valence-corrected chi connectivity index (χ0v) is 19.1. The fourth-order valence-corrected chi connectivity index (χ4v) is 6.74. The Hall–Kier alpha value is -3.14. The van der Waals surface area contributed by atoms with Gasteiger partial charge in [-0.25, -0.2) is 0 Å². The molecule has 0 spiro atoms. The van der Waals surface area contributed by atoms with Gasteiger partial charge in [-0.2, -0.15) is 0 Å². The molecule has 4 aromatic rings. The Kier molecular flexibility index (Phi) is 6.17. The molecule has 0 aromatic heterocycles. The summed E-state index contributed by atoms with van der Waals surface area (Å²) in [5.41, 5.74) is 2.36. The van der Waals surface area contributed by atoms with Crippen LogP contribution < -0.4 is 0 Å². The van der Waals surface area contributed by atoms with Gasteiger partial charge in [-0.15, -0.1) is 11.8 Å². The van der Waals surface area contributed by atoms with E-state index >= 15 is 0 Å². The summed E-state index contributed by atoms with van der Waals surface area (Å²) in [5, 5.41) is 12.3. The molecule has 2 nitrogen and oxygen atoms in total. The first-order valence-corrected chi connectivity index (χ1v) is 12.2. The van der Waals surface area contributed by atoms with Crippen LogP contribution in [0.25, 0.3) is 0 Å². The second-order valence-corrected chi connectivity index (χ2v) is 9.92. The van der Waals surface area contributed by atoms with Crippen molar-refractivity contribution in [1.82, 2.24) is 0 Å². The van der Waals surface area contributed by atoms with E-state index in [2.05, 4.69) is 24.3 Å². The van der Waals surface area contributed by atoms with Crippen molar-refractivity contribution in [3.05, 3.63) is 144 Å². The molecule has 1 saturated heterocycles. The van der Waals surface area contributed by atoms with Crippen molar-refractivity contribution in [2.24, 2.45) is 5.92 Å². The molecule has 0 radical (unpaired) electrons. The summed E-state index contributed by atoms with van der Waals surface area (Å²) < 4.78 is 0. The number of ketones is 1. The molecule has 33 heavy (non-hydrogen) atoms. The van der Waals surface area contributed by atoms with E-state index in [1.54, 1.807) is 11.8 Å². The average Bonchev–Trinajstić information content (AvgIpc) is 2.90. The molecule has 0 saturated carbocycles. The van der Waals surface area contributed by atoms with Crippen molar-refractivity contribution in [3.63, 3.8) is 0 Å². The van der Waals surface area contributed by atoms with Gasteiger partial charge >= 0.3 is 0 Å². The van der Waals surface area contributed by atoms with Crippen molar-refractivity contribution >= 4 is 17.5 Å². The largest absolute Gasteiger partial charge is 0.384 e. The number of benzene rings is 4. The Balaban J connectivity index is 1.69. The SMILES string of the molecule is O=C(c1ccccc1)[C@@H]1[C@H](c2ccccc2)S[C@@H](c2ccccc2)C[C@]1(O)c1ccccc1. The van der Waals surface area contributed by atoms with Gasteiger partial charge in [0.2, 0.25) is 0 Å². The van der Waals surface area contributed by atoms with Crippen molar-refractivity contribution in [1.29, 1.82) is 0 Å². The molecule has 1 heterocycles. The summed E-state index contributed by atoms with van der Waals surface area (Å²) in [7, 11) is 0. The van der Waals surface area contributed by atoms with E-state index in [1.807, 2.05) is 97.1 Å². The Morgan fingerprint density at radius 1 is 0.697 bits per heavy atom. The van der Waals surface area contributed by atoms with Gasteiger partial charge in [-0.05, 0) is 23.1 Å². The topological polar surface area (TPSA) is 37.3 Å². The van der Waals surface area contributed by atoms with Crippen LogP contribution in [0.1, 0.15) is 44.0 Å². The van der Waals surface area contributed by atoms with Gasteiger partial charge in [-0.3, -0.25) is 4.79 Å². The van der Waals surface area contributed by atoms with E-state index in [4.69, 9.17) is 0 Å². The van der Waals surface area contributed by atoms with Gasteiger partial charge in [0.1, 0.15) is 5.60 Å². The maximum atomic E-state index is 14.0. The third kappa shape index (κ3) is 4.27. The maximum Gasteiger partial charge on any atom is 0.170 e. The molecule has 0 unspecified atom stereocenters. The highest BCUT2D eigenvalue weighted by atomic mass is 32.2. The molecule has 4 atom stereocenters. The van der Waals surface area contributed by atoms with E-state index in [9.17, 15) is 9.90 Å². The van der Waals surface area contributed by atoms with Crippen LogP contribution in [0.3, 0.4) is 0 Å². The van der Waals surface area contributed by atoms with Crippen LogP contribution in [0.2, 0.25) is 0 Å². The van der Waals surface area contributed by atoms with E-state index in [0.29, 0.717) is 12.0 Å². The first-order chi connectivity index (χ1) is 16.2. The third-order valence-corrected chi connectivity index (χ3v) is 8.14. The molecule has 0 amide bonds. The van der Waals surface area contributed by atoms with Gasteiger partial charge in [-0.1, -0.05) is 121 Å². The molecule has 3 heteroatoms. The number of hydrogen-bond donors (Lipinski definition) is 1. The monoisotopic (exact) mass is 450 g/mol. The van der Waals surface area contributed by atoms with E-state index in [-0.39, 0.29) is 16.3 Å². The van der Waals surface area contributed by atoms with E-state index in [0.717, 1.165) is 11.1 Å². The molecule has 1 fully saturated rings. The molecular weight excluding hydrogens is 424 g/mol. The lowest BCUT2D eigenvalue weighted by molar-refractivity contribution is -0.0284. The summed E-state index contributed by atoms with van der Waals surface area (Å²) in [4.78, 5) is 14.0. The van der Waals surface area contributed by atoms with Crippen LogP contribution >= 0.6 is 11.8 Å². The molecule has 1 aliphatic rings.